The lowest BCUT2D eigenvalue weighted by Gasteiger charge is -2.27. The molecule has 0 aliphatic carbocycles. The van der Waals surface area contributed by atoms with Crippen LogP contribution in [0.1, 0.15) is 17.5 Å². The number of ether oxygens (including phenoxy) is 1. The van der Waals surface area contributed by atoms with Crippen molar-refractivity contribution in [1.82, 2.24) is 14.9 Å². The number of halogens is 1. The minimum Gasteiger partial charge on any atom is -0.457 e. The van der Waals surface area contributed by atoms with Crippen LogP contribution >= 0.6 is 0 Å². The van der Waals surface area contributed by atoms with E-state index in [1.54, 1.807) is 12.1 Å². The average molecular weight is 402 g/mol. The Kier molecular flexibility index (Phi) is 6.13. The van der Waals surface area contributed by atoms with Gasteiger partial charge in [0.1, 0.15) is 29.8 Å². The molecule has 0 N–H and O–H groups in total. The van der Waals surface area contributed by atoms with Crippen LogP contribution in [-0.2, 0) is 12.8 Å². The Bertz CT molecular complexity index is 1020. The maximum atomic E-state index is 13.0. The summed E-state index contributed by atoms with van der Waals surface area (Å²) >= 11 is 0. The largest absolute Gasteiger partial charge is 0.457 e. The van der Waals surface area contributed by atoms with Crippen molar-refractivity contribution in [2.24, 2.45) is 4.99 Å². The molecule has 0 amide bonds. The van der Waals surface area contributed by atoms with Crippen LogP contribution in [0.4, 0.5) is 4.39 Å². The van der Waals surface area contributed by atoms with Crippen molar-refractivity contribution in [1.29, 1.82) is 0 Å². The van der Waals surface area contributed by atoms with Crippen molar-refractivity contribution < 1.29 is 9.13 Å². The minimum atomic E-state index is -0.274. The number of hydrogen-bond donors (Lipinski definition) is 0. The lowest BCUT2D eigenvalue weighted by atomic mass is 10.1. The highest BCUT2D eigenvalue weighted by Crippen LogP contribution is 2.23. The zero-order valence-electron chi connectivity index (χ0n) is 16.8. The lowest BCUT2D eigenvalue weighted by Crippen LogP contribution is -2.29. The molecule has 0 saturated carbocycles. The summed E-state index contributed by atoms with van der Waals surface area (Å²) in [6, 6.07) is 14.0. The Balaban J connectivity index is 1.28. The standard InChI is InChI=1S/C24H23FN4O/c1-29-16-20(12-19-13-26-17-27-14-19)15-28-24(29)11-4-18-2-7-22(8-3-18)30-23-9-5-21(25)6-10-23/h2-3,5-10,13-17,24H,4,11-12H2,1H3. The van der Waals surface area contributed by atoms with Gasteiger partial charge in [-0.2, -0.15) is 0 Å². The molecular formula is C24H23FN4O. The van der Waals surface area contributed by atoms with Crippen molar-refractivity contribution in [3.05, 3.63) is 96.0 Å². The van der Waals surface area contributed by atoms with Gasteiger partial charge in [-0.25, -0.2) is 14.4 Å². The predicted octanol–water partition coefficient (Wildman–Crippen LogP) is 4.81. The van der Waals surface area contributed by atoms with E-state index in [1.807, 2.05) is 30.7 Å². The van der Waals surface area contributed by atoms with Crippen LogP contribution in [0.5, 0.6) is 11.5 Å². The molecule has 5 nitrogen and oxygen atoms in total. The van der Waals surface area contributed by atoms with Gasteiger partial charge in [0.2, 0.25) is 0 Å². The Morgan fingerprint density at radius 3 is 2.27 bits per heavy atom. The highest BCUT2D eigenvalue weighted by atomic mass is 19.1. The summed E-state index contributed by atoms with van der Waals surface area (Å²) in [5, 5.41) is 0. The number of nitrogens with zero attached hydrogens (tertiary/aromatic N) is 4. The fourth-order valence-corrected chi connectivity index (χ4v) is 3.35. The van der Waals surface area contributed by atoms with E-state index in [-0.39, 0.29) is 12.0 Å². The molecule has 1 unspecified atom stereocenters. The summed E-state index contributed by atoms with van der Waals surface area (Å²) < 4.78 is 18.7. The molecule has 1 aliphatic heterocycles. The van der Waals surface area contributed by atoms with Crippen LogP contribution in [0.2, 0.25) is 0 Å². The van der Waals surface area contributed by atoms with Gasteiger partial charge in [-0.05, 0) is 65.9 Å². The summed E-state index contributed by atoms with van der Waals surface area (Å²) in [6.07, 6.45) is 12.0. The molecule has 6 heteroatoms. The van der Waals surface area contributed by atoms with Gasteiger partial charge in [-0.3, -0.25) is 4.99 Å². The van der Waals surface area contributed by atoms with Crippen molar-refractivity contribution >= 4 is 6.21 Å². The fourth-order valence-electron chi connectivity index (χ4n) is 3.35. The Labute approximate surface area is 175 Å². The van der Waals surface area contributed by atoms with E-state index < -0.39 is 0 Å². The molecule has 2 aromatic carbocycles. The molecule has 0 saturated heterocycles. The number of benzene rings is 2. The second-order valence-electron chi connectivity index (χ2n) is 7.29. The maximum absolute atomic E-state index is 13.0. The van der Waals surface area contributed by atoms with Crippen LogP contribution in [0.3, 0.4) is 0 Å². The number of hydrogen-bond acceptors (Lipinski definition) is 5. The zero-order valence-corrected chi connectivity index (χ0v) is 16.8. The quantitative estimate of drug-likeness (QED) is 0.569. The van der Waals surface area contributed by atoms with Crippen molar-refractivity contribution in [3.63, 3.8) is 0 Å². The second-order valence-corrected chi connectivity index (χ2v) is 7.29. The highest BCUT2D eigenvalue weighted by molar-refractivity contribution is 5.80. The Morgan fingerprint density at radius 2 is 1.60 bits per heavy atom. The van der Waals surface area contributed by atoms with E-state index in [1.165, 1.54) is 24.0 Å². The molecule has 1 atom stereocenters. The van der Waals surface area contributed by atoms with Gasteiger partial charge in [0.25, 0.3) is 0 Å². The lowest BCUT2D eigenvalue weighted by molar-refractivity contribution is 0.316. The first-order chi connectivity index (χ1) is 14.7. The molecule has 152 valence electrons. The van der Waals surface area contributed by atoms with Crippen LogP contribution in [-0.4, -0.2) is 34.3 Å². The van der Waals surface area contributed by atoms with E-state index in [9.17, 15) is 4.39 Å². The molecule has 1 aromatic heterocycles. The van der Waals surface area contributed by atoms with E-state index in [4.69, 9.17) is 9.73 Å². The summed E-state index contributed by atoms with van der Waals surface area (Å²) in [6.45, 7) is 0. The monoisotopic (exact) mass is 402 g/mol. The minimum absolute atomic E-state index is 0.121. The molecule has 3 aromatic rings. The van der Waals surface area contributed by atoms with Gasteiger partial charge < -0.3 is 9.64 Å². The van der Waals surface area contributed by atoms with Crippen molar-refractivity contribution in [2.75, 3.05) is 7.05 Å². The molecule has 30 heavy (non-hydrogen) atoms. The van der Waals surface area contributed by atoms with Gasteiger partial charge >= 0.3 is 0 Å². The molecule has 4 rings (SSSR count). The first-order valence-corrected chi connectivity index (χ1v) is 9.88. The van der Waals surface area contributed by atoms with E-state index in [0.29, 0.717) is 5.75 Å². The number of allylic oxidation sites excluding steroid dienone is 1. The van der Waals surface area contributed by atoms with Gasteiger partial charge in [0.05, 0.1) is 0 Å². The van der Waals surface area contributed by atoms with Crippen LogP contribution < -0.4 is 4.74 Å². The fraction of sp³-hybridized carbons (Fsp3) is 0.208. The first kappa shape index (κ1) is 19.8. The Hall–Kier alpha value is -3.54. The molecule has 1 aliphatic rings. The highest BCUT2D eigenvalue weighted by Gasteiger charge is 2.15. The Morgan fingerprint density at radius 1 is 0.933 bits per heavy atom. The molecular weight excluding hydrogens is 379 g/mol. The third-order valence-electron chi connectivity index (χ3n) is 4.94. The summed E-state index contributed by atoms with van der Waals surface area (Å²) in [4.78, 5) is 15.0. The number of aromatic nitrogens is 2. The van der Waals surface area contributed by atoms with Crippen molar-refractivity contribution in [3.8, 4) is 11.5 Å². The predicted molar refractivity (Wildman–Crippen MR) is 115 cm³/mol. The van der Waals surface area contributed by atoms with Gasteiger partial charge in [-0.1, -0.05) is 12.1 Å². The normalized spacial score (nSPS) is 15.7. The topological polar surface area (TPSA) is 50.6 Å². The zero-order chi connectivity index (χ0) is 20.8. The molecule has 0 radical (unpaired) electrons. The van der Waals surface area contributed by atoms with Crippen LogP contribution in [0.25, 0.3) is 0 Å². The SMILES string of the molecule is CN1C=C(Cc2cncnc2)C=NC1CCc1ccc(Oc2ccc(F)cc2)cc1. The van der Waals surface area contributed by atoms with E-state index >= 15 is 0 Å². The molecule has 0 spiro atoms. The van der Waals surface area contributed by atoms with E-state index in [2.05, 4.69) is 40.2 Å². The number of aliphatic imine (C=N–C) groups is 1. The second kappa shape index (κ2) is 9.31. The smallest absolute Gasteiger partial charge is 0.127 e. The first-order valence-electron chi connectivity index (χ1n) is 9.88. The summed E-state index contributed by atoms with van der Waals surface area (Å²) in [7, 11) is 2.06. The molecule has 0 bridgehead atoms. The third kappa shape index (κ3) is 5.29. The van der Waals surface area contributed by atoms with Gasteiger partial charge in [0, 0.05) is 38.3 Å². The van der Waals surface area contributed by atoms with Gasteiger partial charge in [0.15, 0.2) is 0 Å². The molecule has 0 fully saturated rings. The number of aryl methyl sites for hydroxylation is 1. The van der Waals surface area contributed by atoms with Crippen LogP contribution in [0, 0.1) is 5.82 Å². The molecule has 2 heterocycles. The van der Waals surface area contributed by atoms with Crippen molar-refractivity contribution in [2.45, 2.75) is 25.4 Å². The summed E-state index contributed by atoms with van der Waals surface area (Å²) in [5.74, 6) is 1.08. The summed E-state index contributed by atoms with van der Waals surface area (Å²) in [5.41, 5.74) is 3.44. The average Bonchev–Trinajstić information content (AvgIpc) is 2.77. The van der Waals surface area contributed by atoms with Crippen LogP contribution in [0.15, 0.2) is 84.0 Å². The number of rotatable bonds is 7. The van der Waals surface area contributed by atoms with Gasteiger partial charge in [-0.15, -0.1) is 0 Å². The maximum Gasteiger partial charge on any atom is 0.127 e. The van der Waals surface area contributed by atoms with E-state index in [0.717, 1.165) is 36.1 Å². The third-order valence-corrected chi connectivity index (χ3v) is 4.94.